The molecule has 1 aromatic heterocycles. The Morgan fingerprint density at radius 3 is 2.80 bits per heavy atom. The highest BCUT2D eigenvalue weighted by molar-refractivity contribution is 9.10. The van der Waals surface area contributed by atoms with E-state index in [9.17, 15) is 4.79 Å². The molecule has 0 radical (unpaired) electrons. The van der Waals surface area contributed by atoms with Crippen LogP contribution in [0.25, 0.3) is 0 Å². The smallest absolute Gasteiger partial charge is 0.303 e. The molecule has 0 amide bonds. The number of halogens is 1. The largest absolute Gasteiger partial charge is 0.481 e. The first kappa shape index (κ1) is 11.1. The number of carboxylic acid groups (broad SMARTS) is 1. The molecular formula is C11H13BrO2S. The zero-order valence-corrected chi connectivity index (χ0v) is 10.8. The number of carbonyl (C=O) groups is 1. The summed E-state index contributed by atoms with van der Waals surface area (Å²) in [6, 6.07) is 0. The Balaban J connectivity index is 2.18. The topological polar surface area (TPSA) is 37.3 Å². The van der Waals surface area contributed by atoms with Gasteiger partial charge in [0.05, 0.1) is 6.42 Å². The van der Waals surface area contributed by atoms with E-state index in [1.54, 1.807) is 11.3 Å². The predicted molar refractivity (Wildman–Crippen MR) is 64.6 cm³/mol. The lowest BCUT2D eigenvalue weighted by Gasteiger charge is -2.09. The van der Waals surface area contributed by atoms with E-state index >= 15 is 0 Å². The maximum Gasteiger partial charge on any atom is 0.303 e. The third kappa shape index (κ3) is 2.42. The van der Waals surface area contributed by atoms with Gasteiger partial charge in [-0.25, -0.2) is 0 Å². The van der Waals surface area contributed by atoms with Crippen molar-refractivity contribution in [3.63, 3.8) is 0 Å². The fraction of sp³-hybridized carbons (Fsp3) is 0.545. The highest BCUT2D eigenvalue weighted by Crippen LogP contribution is 2.38. The van der Waals surface area contributed by atoms with Crippen LogP contribution in [0.5, 0.6) is 0 Å². The molecule has 0 fully saturated rings. The van der Waals surface area contributed by atoms with Crippen molar-refractivity contribution in [3.8, 4) is 0 Å². The van der Waals surface area contributed by atoms with Crippen LogP contribution in [0.3, 0.4) is 0 Å². The van der Waals surface area contributed by atoms with Crippen LogP contribution in [0.15, 0.2) is 4.47 Å². The summed E-state index contributed by atoms with van der Waals surface area (Å²) < 4.78 is 1.18. The van der Waals surface area contributed by atoms with Gasteiger partial charge in [-0.2, -0.15) is 0 Å². The summed E-state index contributed by atoms with van der Waals surface area (Å²) in [6.07, 6.45) is 5.76. The lowest BCUT2D eigenvalue weighted by Crippen LogP contribution is -1.98. The third-order valence-corrected chi connectivity index (χ3v) is 5.31. The number of rotatable bonds is 3. The molecular weight excluding hydrogens is 276 g/mol. The van der Waals surface area contributed by atoms with Crippen molar-refractivity contribution in [2.24, 2.45) is 0 Å². The van der Waals surface area contributed by atoms with Crippen molar-refractivity contribution in [1.29, 1.82) is 0 Å². The van der Waals surface area contributed by atoms with Crippen molar-refractivity contribution in [2.75, 3.05) is 0 Å². The lowest BCUT2D eigenvalue weighted by molar-refractivity contribution is -0.136. The number of carboxylic acids is 1. The van der Waals surface area contributed by atoms with Crippen molar-refractivity contribution >= 4 is 33.2 Å². The molecule has 0 saturated heterocycles. The van der Waals surface area contributed by atoms with E-state index in [0.29, 0.717) is 6.42 Å². The van der Waals surface area contributed by atoms with Crippen LogP contribution in [0, 0.1) is 0 Å². The summed E-state index contributed by atoms with van der Waals surface area (Å²) in [5.74, 6) is -0.715. The molecule has 15 heavy (non-hydrogen) atoms. The van der Waals surface area contributed by atoms with E-state index in [2.05, 4.69) is 15.9 Å². The SMILES string of the molecule is O=C(O)CCc1sc2c(c1Br)CCCC2. The number of hydrogen-bond acceptors (Lipinski definition) is 2. The molecule has 0 spiro atoms. The van der Waals surface area contributed by atoms with Crippen LogP contribution in [0.4, 0.5) is 0 Å². The van der Waals surface area contributed by atoms with Gasteiger partial charge < -0.3 is 5.11 Å². The average molecular weight is 289 g/mol. The van der Waals surface area contributed by atoms with Gasteiger partial charge in [0.15, 0.2) is 0 Å². The van der Waals surface area contributed by atoms with Crippen molar-refractivity contribution < 1.29 is 9.90 Å². The molecule has 1 aromatic rings. The van der Waals surface area contributed by atoms with Gasteiger partial charge in [-0.1, -0.05) is 0 Å². The van der Waals surface area contributed by atoms with E-state index < -0.39 is 5.97 Å². The molecule has 1 aliphatic carbocycles. The van der Waals surface area contributed by atoms with Crippen LogP contribution < -0.4 is 0 Å². The Hall–Kier alpha value is -0.350. The number of hydrogen-bond donors (Lipinski definition) is 1. The number of aryl methyl sites for hydroxylation is 2. The Kier molecular flexibility index (Phi) is 3.46. The first-order chi connectivity index (χ1) is 7.18. The minimum atomic E-state index is -0.715. The van der Waals surface area contributed by atoms with Gasteiger partial charge in [0.1, 0.15) is 0 Å². The molecule has 0 aliphatic heterocycles. The first-order valence-electron chi connectivity index (χ1n) is 5.19. The summed E-state index contributed by atoms with van der Waals surface area (Å²) in [5.41, 5.74) is 1.44. The van der Waals surface area contributed by atoms with Gasteiger partial charge in [0.2, 0.25) is 0 Å². The van der Waals surface area contributed by atoms with Gasteiger partial charge >= 0.3 is 5.97 Å². The number of aliphatic carboxylic acids is 1. The monoisotopic (exact) mass is 288 g/mol. The van der Waals surface area contributed by atoms with Crippen LogP contribution in [0.2, 0.25) is 0 Å². The summed E-state index contributed by atoms with van der Waals surface area (Å²) in [6.45, 7) is 0. The molecule has 0 bridgehead atoms. The Morgan fingerprint density at radius 2 is 2.13 bits per heavy atom. The van der Waals surface area contributed by atoms with Crippen molar-refractivity contribution in [3.05, 3.63) is 19.8 Å². The van der Waals surface area contributed by atoms with Gasteiger partial charge in [0.25, 0.3) is 0 Å². The van der Waals surface area contributed by atoms with Crippen LogP contribution in [-0.4, -0.2) is 11.1 Å². The van der Waals surface area contributed by atoms with E-state index in [1.807, 2.05) is 0 Å². The van der Waals surface area contributed by atoms with Crippen LogP contribution >= 0.6 is 27.3 Å². The minimum absolute atomic E-state index is 0.234. The molecule has 0 saturated carbocycles. The van der Waals surface area contributed by atoms with Crippen molar-refractivity contribution in [1.82, 2.24) is 0 Å². The molecule has 0 unspecified atom stereocenters. The summed E-state index contributed by atoms with van der Waals surface area (Å²) in [7, 11) is 0. The zero-order chi connectivity index (χ0) is 10.8. The Morgan fingerprint density at radius 1 is 1.40 bits per heavy atom. The molecule has 1 aliphatic rings. The van der Waals surface area contributed by atoms with Gasteiger partial charge in [-0.15, -0.1) is 11.3 Å². The molecule has 82 valence electrons. The maximum absolute atomic E-state index is 10.5. The number of fused-ring (bicyclic) bond motifs is 1. The average Bonchev–Trinajstić information content (AvgIpc) is 2.54. The molecule has 0 aromatic carbocycles. The summed E-state index contributed by atoms with van der Waals surface area (Å²) in [4.78, 5) is 13.2. The van der Waals surface area contributed by atoms with E-state index in [0.717, 1.165) is 6.42 Å². The molecule has 2 nitrogen and oxygen atoms in total. The van der Waals surface area contributed by atoms with Crippen molar-refractivity contribution in [2.45, 2.75) is 38.5 Å². The summed E-state index contributed by atoms with van der Waals surface area (Å²) >= 11 is 5.40. The Bertz CT molecular complexity index is 384. The minimum Gasteiger partial charge on any atom is -0.481 e. The van der Waals surface area contributed by atoms with Gasteiger partial charge in [0, 0.05) is 14.2 Å². The van der Waals surface area contributed by atoms with E-state index in [4.69, 9.17) is 5.11 Å². The molecule has 1 heterocycles. The van der Waals surface area contributed by atoms with E-state index in [1.165, 1.54) is 39.1 Å². The first-order valence-corrected chi connectivity index (χ1v) is 6.80. The zero-order valence-electron chi connectivity index (χ0n) is 8.38. The third-order valence-electron chi connectivity index (χ3n) is 2.74. The highest BCUT2D eigenvalue weighted by atomic mass is 79.9. The second-order valence-corrected chi connectivity index (χ2v) is 5.82. The fourth-order valence-electron chi connectivity index (χ4n) is 1.97. The molecule has 0 atom stereocenters. The van der Waals surface area contributed by atoms with Crippen LogP contribution in [-0.2, 0) is 24.1 Å². The molecule has 1 N–H and O–H groups in total. The predicted octanol–water partition coefficient (Wildman–Crippen LogP) is 3.41. The van der Waals surface area contributed by atoms with Gasteiger partial charge in [-0.3, -0.25) is 4.79 Å². The normalized spacial score (nSPS) is 15.0. The highest BCUT2D eigenvalue weighted by Gasteiger charge is 2.19. The number of thiophene rings is 1. The fourth-order valence-corrected chi connectivity index (χ4v) is 4.26. The second kappa shape index (κ2) is 4.66. The maximum atomic E-state index is 10.5. The second-order valence-electron chi connectivity index (χ2n) is 3.84. The standard InChI is InChI=1S/C11H13BrO2S/c12-11-7-3-1-2-4-8(7)15-9(11)5-6-10(13)14/h1-6H2,(H,13,14). The lowest BCUT2D eigenvalue weighted by atomic mass is 9.99. The molecule has 4 heteroatoms. The quantitative estimate of drug-likeness (QED) is 0.926. The van der Waals surface area contributed by atoms with Crippen LogP contribution in [0.1, 0.15) is 34.6 Å². The van der Waals surface area contributed by atoms with E-state index in [-0.39, 0.29) is 6.42 Å². The molecule has 2 rings (SSSR count). The Labute approximate surface area is 101 Å². The van der Waals surface area contributed by atoms with Gasteiger partial charge in [-0.05, 0) is 53.6 Å². The summed E-state index contributed by atoms with van der Waals surface area (Å²) in [5, 5.41) is 8.66.